The van der Waals surface area contributed by atoms with Gasteiger partial charge in [0, 0.05) is 0 Å². The molecule has 0 atom stereocenters. The molecule has 0 N–H and O–H groups in total. The fourth-order valence-corrected chi connectivity index (χ4v) is 1.01. The van der Waals surface area contributed by atoms with Gasteiger partial charge < -0.3 is 0 Å². The molecule has 1 aromatic carbocycles. The Morgan fingerprint density at radius 1 is 1.44 bits per heavy atom. The highest BCUT2D eigenvalue weighted by Gasteiger charge is 2.09. The summed E-state index contributed by atoms with van der Waals surface area (Å²) < 4.78 is 12.5. The van der Waals surface area contributed by atoms with Gasteiger partial charge in [-0.1, -0.05) is 11.6 Å². The first-order valence-electron chi connectivity index (χ1n) is 3.76. The molecule has 0 unspecified atom stereocenters. The van der Waals surface area contributed by atoms with E-state index in [9.17, 15) is 14.0 Å². The van der Waals surface area contributed by atoms with Crippen LogP contribution in [0, 0.1) is 5.82 Å². The molecule has 0 fully saturated rings. The average Bonchev–Trinajstić information content (AvgIpc) is 2.18. The molecule has 0 aliphatic carbocycles. The molecule has 7 heteroatoms. The van der Waals surface area contributed by atoms with Crippen molar-refractivity contribution in [1.29, 1.82) is 0 Å². The predicted molar refractivity (Wildman–Crippen MR) is 60.4 cm³/mol. The molecule has 0 saturated carbocycles. The highest BCUT2D eigenvalue weighted by atomic mass is 35.5. The van der Waals surface area contributed by atoms with Crippen molar-refractivity contribution < 1.29 is 14.0 Å². The van der Waals surface area contributed by atoms with Crippen LogP contribution in [-0.2, 0) is 4.79 Å². The van der Waals surface area contributed by atoms with Crippen LogP contribution < -0.4 is 0 Å². The fourth-order valence-electron chi connectivity index (χ4n) is 0.765. The molecule has 0 radical (unpaired) electrons. The Labute approximate surface area is 106 Å². The second kappa shape index (κ2) is 8.25. The molecule has 1 amide bonds. The number of amides is 1. The van der Waals surface area contributed by atoms with Crippen LogP contribution in [-0.4, -0.2) is 17.3 Å². The van der Waals surface area contributed by atoms with E-state index in [0.717, 1.165) is 24.3 Å². The van der Waals surface area contributed by atoms with Gasteiger partial charge in [0.15, 0.2) is 0 Å². The lowest BCUT2D eigenvalue weighted by molar-refractivity contribution is 0.100. The maximum Gasteiger partial charge on any atom is 0.289 e. The maximum absolute atomic E-state index is 12.5. The molecule has 0 aliphatic heterocycles. The van der Waals surface area contributed by atoms with Crippen LogP contribution in [0.25, 0.3) is 0 Å². The summed E-state index contributed by atoms with van der Waals surface area (Å²) in [7, 11) is 0. The number of hydrogen-bond acceptors (Lipinski definition) is 2. The Bertz CT molecular complexity index is 419. The molecule has 86 valence electrons. The van der Waals surface area contributed by atoms with E-state index in [1.54, 1.807) is 0 Å². The second-order valence-corrected chi connectivity index (χ2v) is 3.45. The van der Waals surface area contributed by atoms with Crippen LogP contribution in [0.3, 0.4) is 0 Å². The van der Waals surface area contributed by atoms with Crippen LogP contribution in [0.15, 0.2) is 23.2 Å². The molecule has 0 bridgehead atoms. The molecule has 1 rings (SSSR count). The minimum Gasteiger partial charge on any atom is -0.266 e. The van der Waals surface area contributed by atoms with Crippen molar-refractivity contribution in [3.05, 3.63) is 34.6 Å². The van der Waals surface area contributed by atoms with Crippen molar-refractivity contribution in [1.82, 2.24) is 0 Å². The van der Waals surface area contributed by atoms with Crippen LogP contribution in [0.2, 0.25) is 5.02 Å². The number of isocyanates is 1. The standard InChI is InChI=1S/C8H3ClFNO2.CH2Cl2/c9-7-3-5(10)1-2-6(7)8(13)11-4-12;2-1-3/h1-3H;1H2. The first-order valence-corrected chi connectivity index (χ1v) is 5.20. The maximum atomic E-state index is 12.5. The number of benzene rings is 1. The number of carbonyl (C=O) groups excluding carboxylic acids is 2. The van der Waals surface area contributed by atoms with Crippen LogP contribution >= 0.6 is 34.8 Å². The Kier molecular flexibility index (Phi) is 7.77. The van der Waals surface area contributed by atoms with Gasteiger partial charge in [-0.15, -0.1) is 28.2 Å². The van der Waals surface area contributed by atoms with Crippen molar-refractivity contribution in [3.63, 3.8) is 0 Å². The van der Waals surface area contributed by atoms with E-state index in [1.165, 1.54) is 0 Å². The third kappa shape index (κ3) is 5.24. The Morgan fingerprint density at radius 2 is 2.00 bits per heavy atom. The highest BCUT2D eigenvalue weighted by Crippen LogP contribution is 2.17. The molecule has 0 aromatic heterocycles. The van der Waals surface area contributed by atoms with Gasteiger partial charge in [0.25, 0.3) is 5.91 Å². The van der Waals surface area contributed by atoms with Crippen LogP contribution in [0.5, 0.6) is 0 Å². The Morgan fingerprint density at radius 3 is 2.44 bits per heavy atom. The normalized spacial score (nSPS) is 8.50. The van der Waals surface area contributed by atoms with Crippen molar-refractivity contribution >= 4 is 46.8 Å². The molecule has 0 spiro atoms. The van der Waals surface area contributed by atoms with Gasteiger partial charge >= 0.3 is 0 Å². The molecular formula is C9H5Cl3FNO2. The number of carbonyl (C=O) groups is 1. The first-order chi connectivity index (χ1) is 7.56. The largest absolute Gasteiger partial charge is 0.289 e. The van der Waals surface area contributed by atoms with Gasteiger partial charge in [0.2, 0.25) is 6.08 Å². The van der Waals surface area contributed by atoms with Gasteiger partial charge in [0.1, 0.15) is 5.82 Å². The van der Waals surface area contributed by atoms with Gasteiger partial charge in [-0.3, -0.25) is 4.79 Å². The third-order valence-corrected chi connectivity index (χ3v) is 1.62. The lowest BCUT2D eigenvalue weighted by atomic mass is 10.2. The van der Waals surface area contributed by atoms with E-state index in [0.29, 0.717) is 0 Å². The van der Waals surface area contributed by atoms with E-state index < -0.39 is 11.7 Å². The van der Waals surface area contributed by atoms with E-state index in [2.05, 4.69) is 4.99 Å². The van der Waals surface area contributed by atoms with E-state index in [-0.39, 0.29) is 15.9 Å². The summed E-state index contributed by atoms with van der Waals surface area (Å²) in [5.41, 5.74) is -0.0218. The predicted octanol–water partition coefficient (Wildman–Crippen LogP) is 3.38. The van der Waals surface area contributed by atoms with Crippen LogP contribution in [0.4, 0.5) is 4.39 Å². The zero-order valence-corrected chi connectivity index (χ0v) is 9.98. The molecule has 1 aromatic rings. The smallest absolute Gasteiger partial charge is 0.266 e. The molecule has 0 saturated heterocycles. The van der Waals surface area contributed by atoms with E-state index in [1.807, 2.05) is 0 Å². The number of alkyl halides is 2. The van der Waals surface area contributed by atoms with E-state index >= 15 is 0 Å². The van der Waals surface area contributed by atoms with Gasteiger partial charge in [-0.05, 0) is 18.2 Å². The molecule has 0 heterocycles. The summed E-state index contributed by atoms with van der Waals surface area (Å²) in [5, 5.41) is 0.115. The van der Waals surface area contributed by atoms with Gasteiger partial charge in [-0.2, -0.15) is 0 Å². The summed E-state index contributed by atoms with van der Waals surface area (Å²) >= 11 is 15.0. The molecule has 3 nitrogen and oxygen atoms in total. The Hall–Kier alpha value is -0.930. The molecular weight excluding hydrogens is 279 g/mol. The summed E-state index contributed by atoms with van der Waals surface area (Å²) in [6, 6.07) is 3.18. The second-order valence-electron chi connectivity index (χ2n) is 2.23. The van der Waals surface area contributed by atoms with Crippen molar-refractivity contribution in [3.8, 4) is 0 Å². The lowest BCUT2D eigenvalue weighted by Crippen LogP contribution is -1.95. The summed E-state index contributed by atoms with van der Waals surface area (Å²) in [4.78, 5) is 23.5. The zero-order chi connectivity index (χ0) is 12.6. The monoisotopic (exact) mass is 283 g/mol. The van der Waals surface area contributed by atoms with Crippen molar-refractivity contribution in [2.75, 3.05) is 5.34 Å². The van der Waals surface area contributed by atoms with Gasteiger partial charge in [-0.25, -0.2) is 9.18 Å². The highest BCUT2D eigenvalue weighted by molar-refractivity contribution is 6.40. The zero-order valence-electron chi connectivity index (χ0n) is 7.71. The van der Waals surface area contributed by atoms with Crippen molar-refractivity contribution in [2.24, 2.45) is 4.99 Å². The third-order valence-electron chi connectivity index (χ3n) is 1.31. The number of aliphatic imine (C=N–C) groups is 1. The quantitative estimate of drug-likeness (QED) is 0.451. The topological polar surface area (TPSA) is 46.5 Å². The lowest BCUT2D eigenvalue weighted by Gasteiger charge is -1.96. The van der Waals surface area contributed by atoms with Gasteiger partial charge in [0.05, 0.1) is 15.9 Å². The number of nitrogens with zero attached hydrogens (tertiary/aromatic N) is 1. The summed E-state index contributed by atoms with van der Waals surface area (Å²) in [5.74, 6) is -1.39. The fraction of sp³-hybridized carbons (Fsp3) is 0.111. The minimum atomic E-state index is -0.833. The number of rotatable bonds is 1. The summed E-state index contributed by atoms with van der Waals surface area (Å²) in [6.45, 7) is 0. The number of halogens is 4. The van der Waals surface area contributed by atoms with E-state index in [4.69, 9.17) is 34.8 Å². The van der Waals surface area contributed by atoms with Crippen LogP contribution in [0.1, 0.15) is 10.4 Å². The Balaban J connectivity index is 0.000000673. The average molecular weight is 285 g/mol. The van der Waals surface area contributed by atoms with Crippen molar-refractivity contribution in [2.45, 2.75) is 0 Å². The molecule has 0 aliphatic rings. The number of hydrogen-bond donors (Lipinski definition) is 0. The SMILES string of the molecule is ClCCl.O=C=NC(=O)c1ccc(F)cc1Cl. The molecule has 16 heavy (non-hydrogen) atoms. The minimum absolute atomic E-state index is 0.0218. The summed E-state index contributed by atoms with van der Waals surface area (Å²) in [6.07, 6.45) is 1.08. The first kappa shape index (κ1) is 15.1.